The topological polar surface area (TPSA) is 101 Å². The van der Waals surface area contributed by atoms with E-state index < -0.39 is 11.5 Å². The Bertz CT molecular complexity index is 1650. The number of H-pyrrole nitrogens is 2. The smallest absolute Gasteiger partial charge is 0.270 e. The molecule has 0 aliphatic carbocycles. The number of likely N-dealkylation sites (tertiary alicyclic amines) is 2. The molecule has 2 fully saturated rings. The number of nitrogens with zero attached hydrogens (tertiary/aromatic N) is 2. The van der Waals surface area contributed by atoms with Crippen LogP contribution in [0.5, 0.6) is 0 Å². The number of amides is 3. The van der Waals surface area contributed by atoms with Gasteiger partial charge in [-0.3, -0.25) is 14.4 Å². The fourth-order valence-electron chi connectivity index (χ4n) is 5.77. The summed E-state index contributed by atoms with van der Waals surface area (Å²) < 4.78 is 0. The van der Waals surface area contributed by atoms with E-state index in [1.165, 1.54) is 0 Å². The number of rotatable bonds is 4. The van der Waals surface area contributed by atoms with Gasteiger partial charge in [-0.2, -0.15) is 0 Å². The van der Waals surface area contributed by atoms with Crippen LogP contribution in [0.2, 0.25) is 0 Å². The first kappa shape index (κ1) is 27.1. The number of hydrogen-bond donors (Lipinski definition) is 3. The highest BCUT2D eigenvalue weighted by atomic mass is 16.2. The normalized spacial score (nSPS) is 18.7. The van der Waals surface area contributed by atoms with E-state index in [0.717, 1.165) is 32.9 Å². The molecule has 8 nitrogen and oxygen atoms in total. The molecule has 2 aromatic carbocycles. The van der Waals surface area contributed by atoms with E-state index in [1.807, 2.05) is 92.9 Å². The third-order valence-corrected chi connectivity index (χ3v) is 8.17. The summed E-state index contributed by atoms with van der Waals surface area (Å²) in [6.07, 6.45) is 8.00. The molecule has 3 atom stereocenters. The minimum Gasteiger partial charge on any atom is -0.351 e. The summed E-state index contributed by atoms with van der Waals surface area (Å²) in [6.45, 7) is 10.9. The highest BCUT2D eigenvalue weighted by Gasteiger charge is 2.57. The Hall–Kier alpha value is -4.51. The molecule has 0 saturated carbocycles. The van der Waals surface area contributed by atoms with E-state index in [1.54, 1.807) is 0 Å². The summed E-state index contributed by atoms with van der Waals surface area (Å²) in [5.74, 6) is -0.443. The summed E-state index contributed by atoms with van der Waals surface area (Å²) in [6, 6.07) is 14.9. The van der Waals surface area contributed by atoms with Crippen molar-refractivity contribution in [3.63, 3.8) is 0 Å². The molecular formula is C32H35N5O3. The highest BCUT2D eigenvalue weighted by Crippen LogP contribution is 2.37. The zero-order valence-electron chi connectivity index (χ0n) is 23.5. The van der Waals surface area contributed by atoms with E-state index in [2.05, 4.69) is 28.1 Å². The number of aromatic nitrogens is 2. The monoisotopic (exact) mass is 537 g/mol. The zero-order chi connectivity index (χ0) is 28.9. The van der Waals surface area contributed by atoms with Gasteiger partial charge in [0.2, 0.25) is 5.91 Å². The van der Waals surface area contributed by atoms with Crippen LogP contribution in [0.1, 0.15) is 52.9 Å². The number of para-hydroxylation sites is 1. The largest absolute Gasteiger partial charge is 0.351 e. The predicted octanol–water partition coefficient (Wildman–Crippen LogP) is 4.40. The van der Waals surface area contributed by atoms with Crippen LogP contribution >= 0.6 is 0 Å². The van der Waals surface area contributed by atoms with Crippen molar-refractivity contribution in [2.24, 2.45) is 5.41 Å². The molecule has 2 aromatic heterocycles. The maximum atomic E-state index is 13.6. The van der Waals surface area contributed by atoms with Crippen molar-refractivity contribution in [1.29, 1.82) is 0 Å². The zero-order valence-corrected chi connectivity index (χ0v) is 23.5. The van der Waals surface area contributed by atoms with Crippen molar-refractivity contribution in [1.82, 2.24) is 25.1 Å². The van der Waals surface area contributed by atoms with E-state index in [4.69, 9.17) is 0 Å². The number of piperazine rings is 1. The lowest BCUT2D eigenvalue weighted by Gasteiger charge is -2.62. The van der Waals surface area contributed by atoms with Gasteiger partial charge in [0.05, 0.1) is 12.1 Å². The van der Waals surface area contributed by atoms with E-state index in [-0.39, 0.29) is 29.8 Å². The molecule has 4 heterocycles. The fourth-order valence-corrected chi connectivity index (χ4v) is 5.77. The number of terminal acetylenes is 1. The van der Waals surface area contributed by atoms with E-state index in [9.17, 15) is 14.4 Å². The van der Waals surface area contributed by atoms with Crippen molar-refractivity contribution in [3.05, 3.63) is 71.0 Å². The Kier molecular flexibility index (Phi) is 6.70. The summed E-state index contributed by atoms with van der Waals surface area (Å²) in [7, 11) is 0. The minimum absolute atomic E-state index is 0.00644. The van der Waals surface area contributed by atoms with Gasteiger partial charge in [-0.05, 0) is 48.6 Å². The Labute approximate surface area is 234 Å². The molecule has 8 heteroatoms. The number of nitrogens with one attached hydrogen (secondary N) is 3. The number of carbonyl (C=O) groups is 3. The molecule has 2 aliphatic rings. The van der Waals surface area contributed by atoms with Crippen molar-refractivity contribution < 1.29 is 14.4 Å². The molecule has 40 heavy (non-hydrogen) atoms. The Morgan fingerprint density at radius 3 is 2.17 bits per heavy atom. The van der Waals surface area contributed by atoms with Crippen molar-refractivity contribution in [2.75, 3.05) is 13.1 Å². The number of aromatic amines is 2. The number of carbonyl (C=O) groups excluding carboxylic acids is 3. The molecule has 3 N–H and O–H groups in total. The fraction of sp³-hybridized carbons (Fsp3) is 0.344. The number of benzene rings is 2. The third-order valence-electron chi connectivity index (χ3n) is 8.17. The summed E-state index contributed by atoms with van der Waals surface area (Å²) in [4.78, 5) is 50.2. The Morgan fingerprint density at radius 1 is 0.900 bits per heavy atom. The second-order valence-electron chi connectivity index (χ2n) is 11.8. The molecule has 2 saturated heterocycles. The van der Waals surface area contributed by atoms with Gasteiger partial charge in [-0.1, -0.05) is 51.1 Å². The van der Waals surface area contributed by atoms with Crippen molar-refractivity contribution >= 4 is 39.5 Å². The highest BCUT2D eigenvalue weighted by molar-refractivity contribution is 6.02. The lowest BCUT2D eigenvalue weighted by molar-refractivity contribution is -0.163. The molecular weight excluding hydrogens is 502 g/mol. The van der Waals surface area contributed by atoms with Crippen LogP contribution in [0.15, 0.2) is 48.5 Å². The first-order valence-corrected chi connectivity index (χ1v) is 13.5. The van der Waals surface area contributed by atoms with Crippen LogP contribution in [0.4, 0.5) is 0 Å². The molecule has 0 radical (unpaired) electrons. The lowest BCUT2D eigenvalue weighted by Crippen LogP contribution is -2.82. The first-order valence-electron chi connectivity index (χ1n) is 13.5. The number of hydrogen-bond acceptors (Lipinski definition) is 3. The Morgan fingerprint density at radius 2 is 1.55 bits per heavy atom. The maximum Gasteiger partial charge on any atom is 0.270 e. The average Bonchev–Trinajstić information content (AvgIpc) is 3.55. The molecule has 6 rings (SSSR count). The molecule has 2 aliphatic heterocycles. The standard InChI is InChI=1S/C30H33N5O3.C2H2/c1-16-8-7-11-20-19(16)13-22(31-20)28(37)34-14-24-23(34)15-35(24)29(38)26(30(3,4)5)33-27(36)21-12-18-10-6-9-17(2)25(18)32-21;1-2/h6-13,23-24,26,31-32H,14-15H2,1-5H3,(H,33,36);1-2H. The van der Waals surface area contributed by atoms with Crippen molar-refractivity contribution in [2.45, 2.75) is 52.7 Å². The number of fused-ring (bicyclic) bond motifs is 3. The first-order chi connectivity index (χ1) is 19.0. The van der Waals surface area contributed by atoms with Crippen LogP contribution in [0, 0.1) is 32.1 Å². The minimum atomic E-state index is -0.690. The molecule has 206 valence electrons. The SMILES string of the molecule is C#C.Cc1cccc2[nH]c(C(=O)N3CC4C3CN4C(=O)C(NC(=O)c3cc4cccc(C)c4[nH]3)C(C)(C)C)cc12. The molecule has 4 aromatic rings. The molecule has 0 spiro atoms. The lowest BCUT2D eigenvalue weighted by atomic mass is 9.80. The second kappa shape index (κ2) is 9.91. The predicted molar refractivity (Wildman–Crippen MR) is 157 cm³/mol. The number of aryl methyl sites for hydroxylation is 2. The van der Waals surface area contributed by atoms with E-state index >= 15 is 0 Å². The van der Waals surface area contributed by atoms with Gasteiger partial charge < -0.3 is 25.1 Å². The van der Waals surface area contributed by atoms with Crippen LogP contribution in [-0.4, -0.2) is 68.7 Å². The summed E-state index contributed by atoms with van der Waals surface area (Å²) >= 11 is 0. The van der Waals surface area contributed by atoms with E-state index in [0.29, 0.717) is 24.5 Å². The Balaban J connectivity index is 0.00000158. The van der Waals surface area contributed by atoms with Gasteiger partial charge in [0.1, 0.15) is 17.4 Å². The maximum absolute atomic E-state index is 13.6. The van der Waals surface area contributed by atoms with Crippen molar-refractivity contribution in [3.8, 4) is 12.8 Å². The van der Waals surface area contributed by atoms with Gasteiger partial charge in [-0.25, -0.2) is 0 Å². The van der Waals surface area contributed by atoms with Gasteiger partial charge >= 0.3 is 0 Å². The third kappa shape index (κ3) is 4.41. The summed E-state index contributed by atoms with van der Waals surface area (Å²) in [5.41, 5.74) is 4.58. The molecule has 3 unspecified atom stereocenters. The van der Waals surface area contributed by atoms with Crippen LogP contribution < -0.4 is 5.32 Å². The van der Waals surface area contributed by atoms with Gasteiger partial charge in [0, 0.05) is 34.9 Å². The van der Waals surface area contributed by atoms with Crippen LogP contribution in [0.25, 0.3) is 21.8 Å². The van der Waals surface area contributed by atoms with Gasteiger partial charge in [0.15, 0.2) is 0 Å². The quantitative estimate of drug-likeness (QED) is 0.337. The molecule has 3 amide bonds. The molecule has 0 bridgehead atoms. The summed E-state index contributed by atoms with van der Waals surface area (Å²) in [5, 5.41) is 5.01. The average molecular weight is 538 g/mol. The van der Waals surface area contributed by atoms with Gasteiger partial charge in [-0.15, -0.1) is 12.8 Å². The second-order valence-corrected chi connectivity index (χ2v) is 11.8. The van der Waals surface area contributed by atoms with Gasteiger partial charge in [0.25, 0.3) is 11.8 Å². The van der Waals surface area contributed by atoms with Crippen LogP contribution in [-0.2, 0) is 4.79 Å². The van der Waals surface area contributed by atoms with Crippen LogP contribution in [0.3, 0.4) is 0 Å².